The molecule has 0 spiro atoms. The molecule has 0 aliphatic heterocycles. The Morgan fingerprint density at radius 2 is 2.11 bits per heavy atom. The van der Waals surface area contributed by atoms with Crippen LogP contribution in [0.1, 0.15) is 34.7 Å². The van der Waals surface area contributed by atoms with E-state index in [2.05, 4.69) is 4.98 Å². The smallest absolute Gasteiger partial charge is 0.219 e. The number of hydrogen-bond donors (Lipinski definition) is 0. The fourth-order valence-electron chi connectivity index (χ4n) is 1.68. The van der Waals surface area contributed by atoms with E-state index in [1.165, 1.54) is 0 Å². The molecule has 0 saturated carbocycles. The number of rotatable bonds is 4. The van der Waals surface area contributed by atoms with Crippen molar-refractivity contribution in [3.8, 4) is 6.07 Å². The molecule has 2 heterocycles. The zero-order valence-electron chi connectivity index (χ0n) is 9.96. The summed E-state index contributed by atoms with van der Waals surface area (Å²) in [5.74, 6) is -0.188. The second-order valence-electron chi connectivity index (χ2n) is 3.83. The van der Waals surface area contributed by atoms with Gasteiger partial charge in [0.15, 0.2) is 5.76 Å². The summed E-state index contributed by atoms with van der Waals surface area (Å²) in [6, 6.07) is 8.71. The van der Waals surface area contributed by atoms with Gasteiger partial charge in [0.25, 0.3) is 0 Å². The Hall–Kier alpha value is -2.41. The summed E-state index contributed by atoms with van der Waals surface area (Å²) < 4.78 is 5.38. The minimum absolute atomic E-state index is 0.232. The molecule has 18 heavy (non-hydrogen) atoms. The van der Waals surface area contributed by atoms with Crippen LogP contribution in [0.25, 0.3) is 0 Å². The summed E-state index contributed by atoms with van der Waals surface area (Å²) in [7, 11) is 0. The molecule has 0 aromatic carbocycles. The van der Waals surface area contributed by atoms with Crippen molar-refractivity contribution in [1.29, 1.82) is 5.26 Å². The third-order valence-corrected chi connectivity index (χ3v) is 2.68. The van der Waals surface area contributed by atoms with Crippen LogP contribution in [0.3, 0.4) is 0 Å². The highest BCUT2D eigenvalue weighted by molar-refractivity contribution is 6.00. The van der Waals surface area contributed by atoms with Crippen molar-refractivity contribution < 1.29 is 9.21 Å². The van der Waals surface area contributed by atoms with Crippen molar-refractivity contribution in [2.75, 3.05) is 0 Å². The molecule has 0 bridgehead atoms. The molecule has 4 nitrogen and oxygen atoms in total. The molecule has 0 fully saturated rings. The van der Waals surface area contributed by atoms with Crippen LogP contribution in [-0.4, -0.2) is 10.8 Å². The van der Waals surface area contributed by atoms with Crippen LogP contribution in [-0.2, 0) is 6.42 Å². The Kier molecular flexibility index (Phi) is 3.54. The van der Waals surface area contributed by atoms with Crippen molar-refractivity contribution >= 4 is 5.78 Å². The maximum atomic E-state index is 12.2. The predicted molar refractivity (Wildman–Crippen MR) is 65.0 cm³/mol. The first kappa shape index (κ1) is 12.1. The lowest BCUT2D eigenvalue weighted by molar-refractivity contribution is 0.0950. The zero-order valence-corrected chi connectivity index (χ0v) is 9.96. The minimum atomic E-state index is -0.844. The van der Waals surface area contributed by atoms with Gasteiger partial charge in [-0.3, -0.25) is 9.78 Å². The molecule has 0 radical (unpaired) electrons. The Balaban J connectivity index is 2.29. The number of furan rings is 1. The van der Waals surface area contributed by atoms with Gasteiger partial charge < -0.3 is 4.42 Å². The van der Waals surface area contributed by atoms with Gasteiger partial charge in [0, 0.05) is 18.8 Å². The van der Waals surface area contributed by atoms with Gasteiger partial charge in [-0.25, -0.2) is 0 Å². The maximum absolute atomic E-state index is 12.2. The molecular weight excluding hydrogens is 228 g/mol. The van der Waals surface area contributed by atoms with Crippen molar-refractivity contribution in [2.45, 2.75) is 19.3 Å². The minimum Gasteiger partial charge on any atom is -0.458 e. The summed E-state index contributed by atoms with van der Waals surface area (Å²) in [4.78, 5) is 16.0. The van der Waals surface area contributed by atoms with E-state index in [0.29, 0.717) is 5.56 Å². The highest BCUT2D eigenvalue weighted by atomic mass is 16.3. The summed E-state index contributed by atoms with van der Waals surface area (Å²) >= 11 is 0. The normalized spacial score (nSPS) is 11.8. The van der Waals surface area contributed by atoms with E-state index in [-0.39, 0.29) is 11.5 Å². The number of hydrogen-bond acceptors (Lipinski definition) is 4. The number of pyridine rings is 1. The van der Waals surface area contributed by atoms with Crippen LogP contribution >= 0.6 is 0 Å². The van der Waals surface area contributed by atoms with Gasteiger partial charge in [-0.15, -0.1) is 0 Å². The lowest BCUT2D eigenvalue weighted by Crippen LogP contribution is -2.10. The Labute approximate surface area is 105 Å². The van der Waals surface area contributed by atoms with Crippen LogP contribution in [0.4, 0.5) is 0 Å². The average molecular weight is 240 g/mol. The molecule has 4 heteroatoms. The molecule has 0 aliphatic carbocycles. The van der Waals surface area contributed by atoms with Crippen LogP contribution in [0.2, 0.25) is 0 Å². The topological polar surface area (TPSA) is 66.9 Å². The van der Waals surface area contributed by atoms with Gasteiger partial charge >= 0.3 is 0 Å². The predicted octanol–water partition coefficient (Wildman–Crippen LogP) is 2.73. The van der Waals surface area contributed by atoms with Gasteiger partial charge in [0.1, 0.15) is 11.7 Å². The summed E-state index contributed by atoms with van der Waals surface area (Å²) in [5.41, 5.74) is 0.631. The second kappa shape index (κ2) is 5.28. The number of carbonyl (C=O) groups excluding carboxylic acids is 1. The van der Waals surface area contributed by atoms with Crippen LogP contribution in [0.5, 0.6) is 0 Å². The molecule has 1 unspecified atom stereocenters. The summed E-state index contributed by atoms with van der Waals surface area (Å²) in [6.07, 6.45) is 3.85. The van der Waals surface area contributed by atoms with Crippen molar-refractivity contribution in [3.05, 3.63) is 53.7 Å². The van der Waals surface area contributed by atoms with Crippen molar-refractivity contribution in [3.63, 3.8) is 0 Å². The molecule has 0 saturated heterocycles. The number of aryl methyl sites for hydroxylation is 1. The average Bonchev–Trinajstić information content (AvgIpc) is 2.89. The molecule has 2 aromatic rings. The van der Waals surface area contributed by atoms with Crippen molar-refractivity contribution in [2.24, 2.45) is 0 Å². The standard InChI is InChI=1S/C14H12N2O2/c1-2-11-3-4-13(18-11)14(17)12(9-15)10-5-7-16-8-6-10/h3-8,12H,2H2,1H3. The maximum Gasteiger partial charge on any atom is 0.219 e. The number of carbonyl (C=O) groups is 1. The van der Waals surface area contributed by atoms with Crippen LogP contribution in [0, 0.1) is 11.3 Å². The number of nitriles is 1. The van der Waals surface area contributed by atoms with Crippen molar-refractivity contribution in [1.82, 2.24) is 4.98 Å². The quantitative estimate of drug-likeness (QED) is 0.770. The lowest BCUT2D eigenvalue weighted by atomic mass is 9.96. The number of nitrogens with zero attached hydrogens (tertiary/aromatic N) is 2. The van der Waals surface area contributed by atoms with E-state index in [1.807, 2.05) is 13.0 Å². The van der Waals surface area contributed by atoms with Gasteiger partial charge in [-0.05, 0) is 29.8 Å². The second-order valence-corrected chi connectivity index (χ2v) is 3.83. The lowest BCUT2D eigenvalue weighted by Gasteiger charge is -2.05. The molecule has 0 aliphatic rings. The van der Waals surface area contributed by atoms with E-state index in [1.54, 1.807) is 36.7 Å². The largest absolute Gasteiger partial charge is 0.458 e. The Morgan fingerprint density at radius 3 is 2.67 bits per heavy atom. The van der Waals surface area contributed by atoms with E-state index in [4.69, 9.17) is 9.68 Å². The van der Waals surface area contributed by atoms with E-state index < -0.39 is 5.92 Å². The van der Waals surface area contributed by atoms with Gasteiger partial charge in [-0.1, -0.05) is 6.92 Å². The fraction of sp³-hybridized carbons (Fsp3) is 0.214. The van der Waals surface area contributed by atoms with E-state index in [9.17, 15) is 4.79 Å². The fourth-order valence-corrected chi connectivity index (χ4v) is 1.68. The van der Waals surface area contributed by atoms with E-state index in [0.717, 1.165) is 12.2 Å². The molecule has 2 rings (SSSR count). The van der Waals surface area contributed by atoms with Crippen LogP contribution < -0.4 is 0 Å². The van der Waals surface area contributed by atoms with E-state index >= 15 is 0 Å². The first-order valence-electron chi connectivity index (χ1n) is 5.68. The number of Topliss-reactive ketones (excluding diaryl/α,β-unsaturated/α-hetero) is 1. The first-order chi connectivity index (χ1) is 8.76. The SMILES string of the molecule is CCc1ccc(C(=O)C(C#N)c2ccncc2)o1. The van der Waals surface area contributed by atoms with Crippen LogP contribution in [0.15, 0.2) is 41.1 Å². The number of aromatic nitrogens is 1. The zero-order chi connectivity index (χ0) is 13.0. The first-order valence-corrected chi connectivity index (χ1v) is 5.68. The number of ketones is 1. The third kappa shape index (κ3) is 2.30. The highest BCUT2D eigenvalue weighted by Crippen LogP contribution is 2.21. The molecular formula is C14H12N2O2. The highest BCUT2D eigenvalue weighted by Gasteiger charge is 2.24. The Morgan fingerprint density at radius 1 is 1.39 bits per heavy atom. The summed E-state index contributed by atoms with van der Waals surface area (Å²) in [5, 5.41) is 9.14. The molecule has 1 atom stereocenters. The third-order valence-electron chi connectivity index (χ3n) is 2.68. The molecule has 2 aromatic heterocycles. The molecule has 90 valence electrons. The molecule has 0 N–H and O–H groups in total. The van der Waals surface area contributed by atoms with Gasteiger partial charge in [0.05, 0.1) is 6.07 Å². The molecule has 0 amide bonds. The monoisotopic (exact) mass is 240 g/mol. The summed E-state index contributed by atoms with van der Waals surface area (Å²) in [6.45, 7) is 1.94. The van der Waals surface area contributed by atoms with Gasteiger partial charge in [-0.2, -0.15) is 5.26 Å². The van der Waals surface area contributed by atoms with Gasteiger partial charge in [0.2, 0.25) is 5.78 Å². The Bertz CT molecular complexity index is 581.